The van der Waals surface area contributed by atoms with Crippen molar-refractivity contribution >= 4 is 11.7 Å². The summed E-state index contributed by atoms with van der Waals surface area (Å²) in [6.45, 7) is 6.14. The van der Waals surface area contributed by atoms with Crippen LogP contribution in [0.5, 0.6) is 0 Å². The molecule has 0 fully saturated rings. The zero-order valence-electron chi connectivity index (χ0n) is 10.6. The molecule has 0 aliphatic carbocycles. The Labute approximate surface area is 102 Å². The summed E-state index contributed by atoms with van der Waals surface area (Å²) in [6, 6.07) is 5.55. The molecular weight excluding hydrogens is 216 g/mol. The van der Waals surface area contributed by atoms with E-state index in [0.717, 1.165) is 16.8 Å². The summed E-state index contributed by atoms with van der Waals surface area (Å²) in [5.74, 6) is 0. The number of aryl methyl sites for hydroxylation is 1. The monoisotopic (exact) mass is 236 g/mol. The fraction of sp³-hybridized carbons (Fsp3) is 0.462. The summed E-state index contributed by atoms with van der Waals surface area (Å²) in [4.78, 5) is 11.6. The van der Waals surface area contributed by atoms with Gasteiger partial charge in [0.25, 0.3) is 0 Å². The molecule has 1 aromatic rings. The highest BCUT2D eigenvalue weighted by atomic mass is 16.3. The highest BCUT2D eigenvalue weighted by molar-refractivity contribution is 5.90. The average molecular weight is 236 g/mol. The van der Waals surface area contributed by atoms with E-state index < -0.39 is 6.10 Å². The molecule has 0 bridgehead atoms. The van der Waals surface area contributed by atoms with Gasteiger partial charge in [0.1, 0.15) is 0 Å². The number of carbonyl (C=O) groups is 1. The normalized spacial score (nSPS) is 12.0. The molecule has 17 heavy (non-hydrogen) atoms. The minimum Gasteiger partial charge on any atom is -0.393 e. The zero-order valence-corrected chi connectivity index (χ0v) is 10.6. The van der Waals surface area contributed by atoms with Crippen molar-refractivity contribution in [2.75, 3.05) is 11.9 Å². The Morgan fingerprint density at radius 3 is 2.76 bits per heavy atom. The number of carbonyl (C=O) groups excluding carboxylic acids is 1. The molecule has 0 aliphatic heterocycles. The van der Waals surface area contributed by atoms with Crippen LogP contribution in [0.1, 0.15) is 24.5 Å². The second-order valence-electron chi connectivity index (χ2n) is 4.27. The lowest BCUT2D eigenvalue weighted by Gasteiger charge is -2.11. The molecule has 0 saturated heterocycles. The van der Waals surface area contributed by atoms with Crippen LogP contribution >= 0.6 is 0 Å². The largest absolute Gasteiger partial charge is 0.393 e. The molecule has 3 N–H and O–H groups in total. The Morgan fingerprint density at radius 2 is 2.12 bits per heavy atom. The molecule has 0 aromatic heterocycles. The Bertz CT molecular complexity index is 389. The van der Waals surface area contributed by atoms with Gasteiger partial charge in [0.05, 0.1) is 6.10 Å². The van der Waals surface area contributed by atoms with E-state index in [2.05, 4.69) is 10.6 Å². The predicted molar refractivity (Wildman–Crippen MR) is 69.2 cm³/mol. The summed E-state index contributed by atoms with van der Waals surface area (Å²) in [7, 11) is 0. The van der Waals surface area contributed by atoms with Gasteiger partial charge in [0, 0.05) is 12.2 Å². The van der Waals surface area contributed by atoms with Gasteiger partial charge in [0.15, 0.2) is 0 Å². The summed E-state index contributed by atoms with van der Waals surface area (Å²) in [6.07, 6.45) is 0.163. The topological polar surface area (TPSA) is 61.4 Å². The van der Waals surface area contributed by atoms with E-state index >= 15 is 0 Å². The van der Waals surface area contributed by atoms with Crippen LogP contribution in [0.3, 0.4) is 0 Å². The average Bonchev–Trinajstić information content (AvgIpc) is 2.24. The Balaban J connectivity index is 2.48. The van der Waals surface area contributed by atoms with Gasteiger partial charge < -0.3 is 15.7 Å². The first-order valence-corrected chi connectivity index (χ1v) is 5.80. The Kier molecular flexibility index (Phi) is 4.97. The molecule has 0 saturated carbocycles. The molecule has 1 rings (SSSR count). The number of rotatable bonds is 4. The first-order valence-electron chi connectivity index (χ1n) is 5.80. The highest BCUT2D eigenvalue weighted by Crippen LogP contribution is 2.17. The van der Waals surface area contributed by atoms with Crippen molar-refractivity contribution in [3.8, 4) is 0 Å². The van der Waals surface area contributed by atoms with Crippen molar-refractivity contribution in [1.29, 1.82) is 0 Å². The van der Waals surface area contributed by atoms with Gasteiger partial charge in [-0.2, -0.15) is 0 Å². The van der Waals surface area contributed by atoms with Gasteiger partial charge in [0.2, 0.25) is 0 Å². The third-order valence-electron chi connectivity index (χ3n) is 2.70. The second-order valence-corrected chi connectivity index (χ2v) is 4.27. The van der Waals surface area contributed by atoms with E-state index in [0.29, 0.717) is 13.0 Å². The van der Waals surface area contributed by atoms with Crippen LogP contribution in [-0.2, 0) is 0 Å². The Hall–Kier alpha value is -1.55. The van der Waals surface area contributed by atoms with Gasteiger partial charge >= 0.3 is 6.03 Å². The lowest BCUT2D eigenvalue weighted by Crippen LogP contribution is -2.31. The number of benzene rings is 1. The molecule has 1 aromatic carbocycles. The molecule has 1 atom stereocenters. The van der Waals surface area contributed by atoms with Crippen LogP contribution in [0.25, 0.3) is 0 Å². The standard InChI is InChI=1S/C13H20N2O2/c1-9-5-4-6-12(11(9)3)15-13(17)14-8-7-10(2)16/h4-6,10,16H,7-8H2,1-3H3,(H2,14,15,17). The van der Waals surface area contributed by atoms with E-state index in [-0.39, 0.29) is 6.03 Å². The van der Waals surface area contributed by atoms with Crippen LogP contribution in [0.15, 0.2) is 18.2 Å². The minimum absolute atomic E-state index is 0.237. The van der Waals surface area contributed by atoms with Crippen LogP contribution in [0.2, 0.25) is 0 Å². The molecule has 94 valence electrons. The highest BCUT2D eigenvalue weighted by Gasteiger charge is 2.05. The van der Waals surface area contributed by atoms with Gasteiger partial charge in [-0.3, -0.25) is 0 Å². The fourth-order valence-electron chi connectivity index (χ4n) is 1.45. The Morgan fingerprint density at radius 1 is 1.41 bits per heavy atom. The molecular formula is C13H20N2O2. The maximum atomic E-state index is 11.6. The van der Waals surface area contributed by atoms with Crippen molar-refractivity contribution in [2.45, 2.75) is 33.3 Å². The van der Waals surface area contributed by atoms with Crippen LogP contribution in [0.4, 0.5) is 10.5 Å². The van der Waals surface area contributed by atoms with E-state index in [1.165, 1.54) is 0 Å². The number of amides is 2. The molecule has 0 radical (unpaired) electrons. The molecule has 0 heterocycles. The van der Waals surface area contributed by atoms with E-state index in [4.69, 9.17) is 5.11 Å². The molecule has 2 amide bonds. The number of hydrogen-bond donors (Lipinski definition) is 3. The zero-order chi connectivity index (χ0) is 12.8. The molecule has 4 nitrogen and oxygen atoms in total. The van der Waals surface area contributed by atoms with Crippen LogP contribution < -0.4 is 10.6 Å². The molecule has 4 heteroatoms. The predicted octanol–water partition coefficient (Wildman–Crippen LogP) is 2.20. The molecule has 1 unspecified atom stereocenters. The third-order valence-corrected chi connectivity index (χ3v) is 2.70. The van der Waals surface area contributed by atoms with Crippen molar-refractivity contribution in [1.82, 2.24) is 5.32 Å². The number of anilines is 1. The summed E-state index contributed by atoms with van der Waals surface area (Å²) >= 11 is 0. The third kappa shape index (κ3) is 4.44. The van der Waals surface area contributed by atoms with Crippen molar-refractivity contribution in [2.24, 2.45) is 0 Å². The van der Waals surface area contributed by atoms with Crippen molar-refractivity contribution < 1.29 is 9.90 Å². The lowest BCUT2D eigenvalue weighted by atomic mass is 10.1. The van der Waals surface area contributed by atoms with Gasteiger partial charge in [-0.05, 0) is 44.4 Å². The van der Waals surface area contributed by atoms with Gasteiger partial charge in [-0.1, -0.05) is 12.1 Å². The first-order chi connectivity index (χ1) is 8.00. The summed E-state index contributed by atoms with van der Waals surface area (Å²) < 4.78 is 0. The van der Waals surface area contributed by atoms with Crippen LogP contribution in [-0.4, -0.2) is 23.8 Å². The maximum Gasteiger partial charge on any atom is 0.319 e. The summed E-state index contributed by atoms with van der Waals surface area (Å²) in [5, 5.41) is 14.6. The second kappa shape index (κ2) is 6.25. The number of urea groups is 1. The SMILES string of the molecule is Cc1cccc(NC(=O)NCCC(C)O)c1C. The minimum atomic E-state index is -0.393. The van der Waals surface area contributed by atoms with Crippen LogP contribution in [0, 0.1) is 13.8 Å². The van der Waals surface area contributed by atoms with Crippen molar-refractivity contribution in [3.05, 3.63) is 29.3 Å². The lowest BCUT2D eigenvalue weighted by molar-refractivity contribution is 0.184. The van der Waals surface area contributed by atoms with Crippen molar-refractivity contribution in [3.63, 3.8) is 0 Å². The van der Waals surface area contributed by atoms with Gasteiger partial charge in [-0.25, -0.2) is 4.79 Å². The number of hydrogen-bond acceptors (Lipinski definition) is 2. The molecule has 0 aliphatic rings. The van der Waals surface area contributed by atoms with E-state index in [1.807, 2.05) is 32.0 Å². The smallest absolute Gasteiger partial charge is 0.319 e. The number of nitrogens with one attached hydrogen (secondary N) is 2. The maximum absolute atomic E-state index is 11.6. The summed E-state index contributed by atoms with van der Waals surface area (Å²) in [5.41, 5.74) is 3.03. The quantitative estimate of drug-likeness (QED) is 0.750. The number of aliphatic hydroxyl groups is 1. The number of aliphatic hydroxyl groups excluding tert-OH is 1. The van der Waals surface area contributed by atoms with E-state index in [9.17, 15) is 4.79 Å². The molecule has 0 spiro atoms. The van der Waals surface area contributed by atoms with E-state index in [1.54, 1.807) is 6.92 Å². The fourth-order valence-corrected chi connectivity index (χ4v) is 1.45. The first kappa shape index (κ1) is 13.5. The van der Waals surface area contributed by atoms with Gasteiger partial charge in [-0.15, -0.1) is 0 Å².